The lowest BCUT2D eigenvalue weighted by Crippen LogP contribution is -2.38. The van der Waals surface area contributed by atoms with Gasteiger partial charge in [0.25, 0.3) is 0 Å². The number of ether oxygens (including phenoxy) is 1. The number of aromatic nitrogens is 2. The molecular formula is C20H24N4O4. The van der Waals surface area contributed by atoms with E-state index in [2.05, 4.69) is 10.2 Å². The van der Waals surface area contributed by atoms with Crippen LogP contribution >= 0.6 is 0 Å². The molecule has 0 spiro atoms. The molecule has 0 bridgehead atoms. The summed E-state index contributed by atoms with van der Waals surface area (Å²) in [5, 5.41) is 7.98. The molecule has 2 saturated heterocycles. The third-order valence-corrected chi connectivity index (χ3v) is 5.53. The highest BCUT2D eigenvalue weighted by Crippen LogP contribution is 2.36. The summed E-state index contributed by atoms with van der Waals surface area (Å²) in [5.74, 6) is 0.393. The van der Waals surface area contributed by atoms with Crippen LogP contribution in [0, 0.1) is 19.8 Å². The Bertz CT molecular complexity index is 879. The van der Waals surface area contributed by atoms with Crippen LogP contribution in [0.3, 0.4) is 0 Å². The molecule has 2 fully saturated rings. The summed E-state index contributed by atoms with van der Waals surface area (Å²) in [5.41, 5.74) is 1.95. The minimum atomic E-state index is -0.393. The van der Waals surface area contributed by atoms with Crippen LogP contribution in [0.25, 0.3) is 0 Å². The molecule has 1 unspecified atom stereocenters. The van der Waals surface area contributed by atoms with Crippen LogP contribution in [-0.4, -0.2) is 53.2 Å². The van der Waals surface area contributed by atoms with E-state index in [0.717, 1.165) is 11.3 Å². The van der Waals surface area contributed by atoms with Gasteiger partial charge in [-0.05, 0) is 19.1 Å². The molecule has 3 atom stereocenters. The lowest BCUT2D eigenvalue weighted by molar-refractivity contribution is -0.137. The zero-order chi connectivity index (χ0) is 19.8. The summed E-state index contributed by atoms with van der Waals surface area (Å²) < 4.78 is 11.1. The van der Waals surface area contributed by atoms with Gasteiger partial charge in [-0.25, -0.2) is 0 Å². The van der Waals surface area contributed by atoms with Gasteiger partial charge in [0.2, 0.25) is 23.6 Å². The normalized spacial score (nSPS) is 25.0. The maximum atomic E-state index is 13.3. The number of likely N-dealkylation sites (tertiary alicyclic amines) is 1. The third-order valence-electron chi connectivity index (χ3n) is 5.53. The summed E-state index contributed by atoms with van der Waals surface area (Å²) in [6.45, 7) is 4.56. The highest BCUT2D eigenvalue weighted by molar-refractivity contribution is 6.00. The minimum absolute atomic E-state index is 0.0325. The summed E-state index contributed by atoms with van der Waals surface area (Å²) in [4.78, 5) is 29.3. The molecule has 3 heterocycles. The van der Waals surface area contributed by atoms with Crippen molar-refractivity contribution in [1.82, 2.24) is 15.1 Å². The Kier molecular flexibility index (Phi) is 4.89. The standard InChI is InChI=1S/C20H24N4O4/c1-12-4-6-15(7-5-12)23-10-14(8-18(23)25)20(26)24-11-16(27-3)9-17(24)19-22-21-13(2)28-19/h4-7,14,16-17H,8-11H2,1-3H3/t14?,16-,17-/m1/s1. The average molecular weight is 384 g/mol. The smallest absolute Gasteiger partial charge is 0.239 e. The van der Waals surface area contributed by atoms with Gasteiger partial charge in [-0.3, -0.25) is 9.59 Å². The van der Waals surface area contributed by atoms with Crippen LogP contribution in [0.2, 0.25) is 0 Å². The lowest BCUT2D eigenvalue weighted by atomic mass is 10.1. The molecule has 2 amide bonds. The largest absolute Gasteiger partial charge is 0.423 e. The van der Waals surface area contributed by atoms with Crippen LogP contribution in [-0.2, 0) is 14.3 Å². The van der Waals surface area contributed by atoms with Crippen LogP contribution < -0.4 is 4.90 Å². The second kappa shape index (κ2) is 7.35. The maximum absolute atomic E-state index is 13.3. The Morgan fingerprint density at radius 3 is 2.57 bits per heavy atom. The van der Waals surface area contributed by atoms with Gasteiger partial charge in [0.1, 0.15) is 6.04 Å². The topological polar surface area (TPSA) is 88.8 Å². The van der Waals surface area contributed by atoms with Gasteiger partial charge in [0.15, 0.2) is 0 Å². The van der Waals surface area contributed by atoms with E-state index in [-0.39, 0.29) is 30.4 Å². The van der Waals surface area contributed by atoms with Gasteiger partial charge >= 0.3 is 0 Å². The number of carbonyl (C=O) groups is 2. The Hall–Kier alpha value is -2.74. The first-order chi connectivity index (χ1) is 13.5. The van der Waals surface area contributed by atoms with E-state index in [1.165, 1.54) is 0 Å². The molecule has 0 saturated carbocycles. The van der Waals surface area contributed by atoms with Gasteiger partial charge in [-0.2, -0.15) is 0 Å². The first kappa shape index (κ1) is 18.6. The zero-order valence-corrected chi connectivity index (χ0v) is 16.3. The van der Waals surface area contributed by atoms with E-state index >= 15 is 0 Å². The summed E-state index contributed by atoms with van der Waals surface area (Å²) in [6.07, 6.45) is 0.717. The number of benzene rings is 1. The number of carbonyl (C=O) groups excluding carboxylic acids is 2. The number of methoxy groups -OCH3 is 1. The predicted molar refractivity (Wildman–Crippen MR) is 101 cm³/mol. The fourth-order valence-corrected chi connectivity index (χ4v) is 3.97. The third kappa shape index (κ3) is 3.40. The highest BCUT2D eigenvalue weighted by Gasteiger charge is 2.44. The van der Waals surface area contributed by atoms with Crippen molar-refractivity contribution in [2.24, 2.45) is 5.92 Å². The Morgan fingerprint density at radius 1 is 1.18 bits per heavy atom. The second-order valence-electron chi connectivity index (χ2n) is 7.50. The van der Waals surface area contributed by atoms with E-state index < -0.39 is 5.92 Å². The van der Waals surface area contributed by atoms with E-state index in [0.29, 0.717) is 31.3 Å². The van der Waals surface area contributed by atoms with Crippen LogP contribution in [0.15, 0.2) is 28.7 Å². The molecule has 28 heavy (non-hydrogen) atoms. The van der Waals surface area contributed by atoms with E-state index in [1.54, 1.807) is 23.8 Å². The minimum Gasteiger partial charge on any atom is -0.423 e. The van der Waals surface area contributed by atoms with Crippen LogP contribution in [0.5, 0.6) is 0 Å². The Balaban J connectivity index is 1.52. The summed E-state index contributed by atoms with van der Waals surface area (Å²) in [7, 11) is 1.63. The monoisotopic (exact) mass is 384 g/mol. The molecular weight excluding hydrogens is 360 g/mol. The van der Waals surface area contributed by atoms with Crippen molar-refractivity contribution < 1.29 is 18.7 Å². The van der Waals surface area contributed by atoms with Crippen molar-refractivity contribution in [3.05, 3.63) is 41.6 Å². The van der Waals surface area contributed by atoms with Crippen molar-refractivity contribution in [1.29, 1.82) is 0 Å². The predicted octanol–water partition coefficient (Wildman–Crippen LogP) is 2.03. The van der Waals surface area contributed by atoms with Crippen molar-refractivity contribution >= 4 is 17.5 Å². The SMILES string of the molecule is CO[C@@H]1C[C@H](c2nnc(C)o2)N(C(=O)C2CC(=O)N(c3ccc(C)cc3)C2)C1. The Morgan fingerprint density at radius 2 is 1.93 bits per heavy atom. The molecule has 148 valence electrons. The lowest BCUT2D eigenvalue weighted by Gasteiger charge is -2.25. The summed E-state index contributed by atoms with van der Waals surface area (Å²) >= 11 is 0. The van der Waals surface area contributed by atoms with Crippen LogP contribution in [0.4, 0.5) is 5.69 Å². The Labute approximate surface area is 163 Å². The molecule has 0 radical (unpaired) electrons. The quantitative estimate of drug-likeness (QED) is 0.801. The second-order valence-corrected chi connectivity index (χ2v) is 7.50. The highest BCUT2D eigenvalue weighted by atomic mass is 16.5. The molecule has 8 nitrogen and oxygen atoms in total. The maximum Gasteiger partial charge on any atom is 0.239 e. The van der Waals surface area contributed by atoms with Gasteiger partial charge in [0, 0.05) is 45.7 Å². The van der Waals surface area contributed by atoms with Gasteiger partial charge in [-0.1, -0.05) is 17.7 Å². The number of aryl methyl sites for hydroxylation is 2. The van der Waals surface area contributed by atoms with E-state index in [9.17, 15) is 9.59 Å². The first-order valence-corrected chi connectivity index (χ1v) is 9.46. The molecule has 2 aliphatic rings. The number of rotatable bonds is 4. The molecule has 0 N–H and O–H groups in total. The number of anilines is 1. The molecule has 1 aromatic carbocycles. The molecule has 2 aromatic rings. The van der Waals surface area contributed by atoms with Gasteiger partial charge in [-0.15, -0.1) is 10.2 Å². The van der Waals surface area contributed by atoms with E-state index in [1.807, 2.05) is 31.2 Å². The van der Waals surface area contributed by atoms with E-state index in [4.69, 9.17) is 9.15 Å². The first-order valence-electron chi connectivity index (χ1n) is 9.46. The van der Waals surface area contributed by atoms with Gasteiger partial charge in [0.05, 0.1) is 12.0 Å². The molecule has 1 aromatic heterocycles. The number of hydrogen-bond donors (Lipinski definition) is 0. The van der Waals surface area contributed by atoms with Crippen molar-refractivity contribution in [3.8, 4) is 0 Å². The van der Waals surface area contributed by atoms with Gasteiger partial charge < -0.3 is 19.0 Å². The van der Waals surface area contributed by atoms with Crippen molar-refractivity contribution in [2.45, 2.75) is 38.8 Å². The number of hydrogen-bond acceptors (Lipinski definition) is 6. The molecule has 2 aliphatic heterocycles. The zero-order valence-electron chi connectivity index (χ0n) is 16.3. The number of amides is 2. The van der Waals surface area contributed by atoms with Crippen LogP contribution in [0.1, 0.15) is 36.2 Å². The average Bonchev–Trinajstić information content (AvgIpc) is 3.39. The molecule has 8 heteroatoms. The summed E-state index contributed by atoms with van der Waals surface area (Å²) in [6, 6.07) is 7.45. The van der Waals surface area contributed by atoms with Crippen molar-refractivity contribution in [2.75, 3.05) is 25.1 Å². The number of nitrogens with zero attached hydrogens (tertiary/aromatic N) is 4. The fraction of sp³-hybridized carbons (Fsp3) is 0.500. The fourth-order valence-electron chi connectivity index (χ4n) is 3.97. The van der Waals surface area contributed by atoms with Crippen molar-refractivity contribution in [3.63, 3.8) is 0 Å². The molecule has 4 rings (SSSR count). The molecule has 0 aliphatic carbocycles.